The average molecular weight is 326 g/mol. The quantitative estimate of drug-likeness (QED) is 0.599. The number of benzene rings is 1. The highest BCUT2D eigenvalue weighted by Gasteiger charge is 2.44. The van der Waals surface area contributed by atoms with Crippen molar-refractivity contribution in [2.75, 3.05) is 13.7 Å². The van der Waals surface area contributed by atoms with Crippen molar-refractivity contribution >= 4 is 6.08 Å². The van der Waals surface area contributed by atoms with Crippen LogP contribution >= 0.6 is 0 Å². The fourth-order valence-electron chi connectivity index (χ4n) is 2.37. The molecule has 7 nitrogen and oxygen atoms in total. The molecule has 1 heterocycles. The Labute approximate surface area is 134 Å². The lowest BCUT2D eigenvalue weighted by Crippen LogP contribution is -2.60. The number of rotatable bonds is 5. The monoisotopic (exact) mass is 326 g/mol. The highest BCUT2D eigenvalue weighted by molar-refractivity contribution is 5.55. The zero-order chi connectivity index (χ0) is 17.0. The van der Waals surface area contributed by atoms with Gasteiger partial charge in [0.05, 0.1) is 13.7 Å². The Bertz CT molecular complexity index is 543. The number of hydrogen-bond donors (Lipinski definition) is 4. The Balaban J connectivity index is 2.24. The predicted molar refractivity (Wildman–Crippen MR) is 82.1 cm³/mol. The van der Waals surface area contributed by atoms with E-state index in [0.29, 0.717) is 11.5 Å². The number of aliphatic hydroxyl groups excluding tert-OH is 4. The van der Waals surface area contributed by atoms with Crippen LogP contribution in [0.1, 0.15) is 12.5 Å². The molecular formula is C16H22O7. The molecule has 0 bridgehead atoms. The van der Waals surface area contributed by atoms with Crippen LogP contribution in [0.25, 0.3) is 6.08 Å². The molecule has 4 N–H and O–H groups in total. The van der Waals surface area contributed by atoms with Crippen molar-refractivity contribution in [3.63, 3.8) is 0 Å². The van der Waals surface area contributed by atoms with Crippen LogP contribution in [0.3, 0.4) is 0 Å². The molecule has 0 radical (unpaired) electrons. The summed E-state index contributed by atoms with van der Waals surface area (Å²) in [6, 6.07) is 5.23. The third-order valence-corrected chi connectivity index (χ3v) is 3.64. The van der Waals surface area contributed by atoms with Gasteiger partial charge in [-0.2, -0.15) is 0 Å². The van der Waals surface area contributed by atoms with Gasteiger partial charge in [-0.15, -0.1) is 0 Å². The number of allylic oxidation sites excluding steroid dienone is 1. The summed E-state index contributed by atoms with van der Waals surface area (Å²) in [7, 11) is 1.48. The van der Waals surface area contributed by atoms with E-state index in [1.54, 1.807) is 12.1 Å². The van der Waals surface area contributed by atoms with Gasteiger partial charge in [0.25, 0.3) is 0 Å². The summed E-state index contributed by atoms with van der Waals surface area (Å²) < 4.78 is 16.2. The molecule has 0 spiro atoms. The van der Waals surface area contributed by atoms with E-state index in [4.69, 9.17) is 14.2 Å². The van der Waals surface area contributed by atoms with Gasteiger partial charge in [-0.3, -0.25) is 0 Å². The summed E-state index contributed by atoms with van der Waals surface area (Å²) in [6.07, 6.45) is -2.94. The first-order valence-electron chi connectivity index (χ1n) is 7.29. The molecule has 23 heavy (non-hydrogen) atoms. The van der Waals surface area contributed by atoms with E-state index in [1.165, 1.54) is 7.11 Å². The summed E-state index contributed by atoms with van der Waals surface area (Å²) in [5.74, 6) is 0.739. The van der Waals surface area contributed by atoms with E-state index < -0.39 is 37.3 Å². The maximum atomic E-state index is 10.0. The van der Waals surface area contributed by atoms with Crippen molar-refractivity contribution in [2.45, 2.75) is 37.6 Å². The van der Waals surface area contributed by atoms with E-state index in [0.717, 1.165) is 5.56 Å². The second-order valence-electron chi connectivity index (χ2n) is 5.23. The van der Waals surface area contributed by atoms with E-state index >= 15 is 0 Å². The largest absolute Gasteiger partial charge is 0.493 e. The van der Waals surface area contributed by atoms with Crippen LogP contribution in [0.4, 0.5) is 0 Å². The summed E-state index contributed by atoms with van der Waals surface area (Å²) in [5, 5.41) is 38.8. The molecule has 1 aliphatic rings. The molecule has 0 aromatic heterocycles. The molecule has 1 fully saturated rings. The van der Waals surface area contributed by atoms with E-state index in [-0.39, 0.29) is 0 Å². The first-order chi connectivity index (χ1) is 11.0. The lowest BCUT2D eigenvalue weighted by Gasteiger charge is -2.39. The van der Waals surface area contributed by atoms with Gasteiger partial charge >= 0.3 is 0 Å². The van der Waals surface area contributed by atoms with Crippen molar-refractivity contribution in [1.82, 2.24) is 0 Å². The van der Waals surface area contributed by atoms with Gasteiger partial charge in [0.15, 0.2) is 11.5 Å². The zero-order valence-electron chi connectivity index (χ0n) is 13.0. The van der Waals surface area contributed by atoms with E-state index in [1.807, 2.05) is 25.1 Å². The number of ether oxygens (including phenoxy) is 3. The van der Waals surface area contributed by atoms with Gasteiger partial charge in [0, 0.05) is 0 Å². The first kappa shape index (κ1) is 17.7. The number of aliphatic hydroxyl groups is 4. The van der Waals surface area contributed by atoms with Crippen LogP contribution < -0.4 is 9.47 Å². The molecule has 0 saturated carbocycles. The van der Waals surface area contributed by atoms with Crippen molar-refractivity contribution in [3.8, 4) is 11.5 Å². The lowest BCUT2D eigenvalue weighted by molar-refractivity contribution is -0.277. The van der Waals surface area contributed by atoms with Crippen molar-refractivity contribution in [1.29, 1.82) is 0 Å². The Morgan fingerprint density at radius 3 is 2.48 bits per heavy atom. The molecule has 1 saturated heterocycles. The van der Waals surface area contributed by atoms with Gasteiger partial charge < -0.3 is 34.6 Å². The van der Waals surface area contributed by atoms with Crippen LogP contribution in [0.2, 0.25) is 0 Å². The second-order valence-corrected chi connectivity index (χ2v) is 5.23. The summed E-state index contributed by atoms with van der Waals surface area (Å²) in [4.78, 5) is 0. The topological polar surface area (TPSA) is 109 Å². The van der Waals surface area contributed by atoms with Crippen LogP contribution in [-0.4, -0.2) is 64.8 Å². The van der Waals surface area contributed by atoms with Crippen molar-refractivity contribution in [3.05, 3.63) is 29.8 Å². The molecule has 7 heteroatoms. The standard InChI is InChI=1S/C16H22O7/c1-3-4-9-5-6-10(21-2)11(7-9)22-16-15(20)14(19)13(18)12(8-17)23-16/h3-7,12-20H,8H2,1-2H3/b4-3+. The molecule has 0 amide bonds. The number of methoxy groups -OCH3 is 1. The third-order valence-electron chi connectivity index (χ3n) is 3.64. The minimum absolute atomic E-state index is 0.312. The SMILES string of the molecule is C/C=C/c1ccc(OC)c(OC2OC(CO)C(O)C(O)C2O)c1. The maximum Gasteiger partial charge on any atom is 0.229 e. The van der Waals surface area contributed by atoms with Crippen LogP contribution in [0.15, 0.2) is 24.3 Å². The van der Waals surface area contributed by atoms with E-state index in [2.05, 4.69) is 0 Å². The fourth-order valence-corrected chi connectivity index (χ4v) is 2.37. The Morgan fingerprint density at radius 1 is 1.13 bits per heavy atom. The Morgan fingerprint density at radius 2 is 1.87 bits per heavy atom. The second kappa shape index (κ2) is 7.76. The van der Waals surface area contributed by atoms with Crippen LogP contribution in [0.5, 0.6) is 11.5 Å². The molecule has 128 valence electrons. The Hall–Kier alpha value is -1.64. The molecule has 5 atom stereocenters. The summed E-state index contributed by atoms with van der Waals surface area (Å²) >= 11 is 0. The molecule has 1 aromatic rings. The molecule has 2 rings (SSSR count). The molecule has 5 unspecified atom stereocenters. The minimum atomic E-state index is -1.49. The first-order valence-corrected chi connectivity index (χ1v) is 7.29. The third kappa shape index (κ3) is 3.82. The van der Waals surface area contributed by atoms with Gasteiger partial charge in [-0.05, 0) is 24.6 Å². The summed E-state index contributed by atoms with van der Waals surface area (Å²) in [6.45, 7) is 1.36. The molecule has 1 aliphatic heterocycles. The maximum absolute atomic E-state index is 10.0. The van der Waals surface area contributed by atoms with Crippen molar-refractivity contribution in [2.24, 2.45) is 0 Å². The predicted octanol–water partition coefficient (Wildman–Crippen LogP) is -0.0930. The lowest BCUT2D eigenvalue weighted by atomic mass is 9.99. The molecule has 1 aromatic carbocycles. The summed E-state index contributed by atoms with van der Waals surface area (Å²) in [5.41, 5.74) is 0.855. The zero-order valence-corrected chi connectivity index (χ0v) is 13.0. The highest BCUT2D eigenvalue weighted by Crippen LogP contribution is 2.32. The van der Waals surface area contributed by atoms with Crippen LogP contribution in [-0.2, 0) is 4.74 Å². The van der Waals surface area contributed by atoms with Crippen LogP contribution in [0, 0.1) is 0 Å². The highest BCUT2D eigenvalue weighted by atomic mass is 16.7. The van der Waals surface area contributed by atoms with E-state index in [9.17, 15) is 20.4 Å². The Kier molecular flexibility index (Phi) is 5.97. The normalized spacial score (nSPS) is 31.3. The van der Waals surface area contributed by atoms with Gasteiger partial charge in [0.2, 0.25) is 6.29 Å². The van der Waals surface area contributed by atoms with Gasteiger partial charge in [-0.25, -0.2) is 0 Å². The number of hydrogen-bond acceptors (Lipinski definition) is 7. The minimum Gasteiger partial charge on any atom is -0.493 e. The fraction of sp³-hybridized carbons (Fsp3) is 0.500. The van der Waals surface area contributed by atoms with Gasteiger partial charge in [-0.1, -0.05) is 18.2 Å². The molecule has 0 aliphatic carbocycles. The smallest absolute Gasteiger partial charge is 0.229 e. The van der Waals surface area contributed by atoms with Gasteiger partial charge in [0.1, 0.15) is 24.4 Å². The van der Waals surface area contributed by atoms with Crippen molar-refractivity contribution < 1.29 is 34.6 Å². The average Bonchev–Trinajstić information content (AvgIpc) is 2.56. The molecular weight excluding hydrogens is 304 g/mol.